The van der Waals surface area contributed by atoms with Gasteiger partial charge in [0.2, 0.25) is 0 Å². The maximum absolute atomic E-state index is 12.9. The zero-order valence-electron chi connectivity index (χ0n) is 5.60. The van der Waals surface area contributed by atoms with Crippen molar-refractivity contribution in [3.05, 3.63) is 24.0 Å². The molecule has 0 aliphatic carbocycles. The van der Waals surface area contributed by atoms with Crippen LogP contribution >= 0.6 is 11.8 Å². The van der Waals surface area contributed by atoms with E-state index < -0.39 is 0 Å². The highest BCUT2D eigenvalue weighted by molar-refractivity contribution is 7.98. The van der Waals surface area contributed by atoms with Crippen LogP contribution in [0.1, 0.15) is 0 Å². The molecule has 0 saturated carbocycles. The van der Waals surface area contributed by atoms with Crippen LogP contribution in [0.15, 0.2) is 23.1 Å². The van der Waals surface area contributed by atoms with Crippen LogP contribution in [0.5, 0.6) is 0 Å². The predicted molar refractivity (Wildman–Crippen MR) is 42.6 cm³/mol. The molecule has 2 N–H and O–H groups in total. The third-order valence-electron chi connectivity index (χ3n) is 1.21. The van der Waals surface area contributed by atoms with Gasteiger partial charge in [-0.05, 0) is 18.4 Å². The molecule has 1 aromatic carbocycles. The first-order valence-electron chi connectivity index (χ1n) is 2.83. The first-order valence-corrected chi connectivity index (χ1v) is 4.06. The summed E-state index contributed by atoms with van der Waals surface area (Å²) in [6, 6.07) is 5.00. The lowest BCUT2D eigenvalue weighted by Gasteiger charge is -1.99. The lowest BCUT2D eigenvalue weighted by atomic mass is 10.3. The van der Waals surface area contributed by atoms with Gasteiger partial charge >= 0.3 is 0 Å². The molecule has 54 valence electrons. The van der Waals surface area contributed by atoms with E-state index in [9.17, 15) is 4.39 Å². The van der Waals surface area contributed by atoms with Gasteiger partial charge in [-0.1, -0.05) is 6.07 Å². The van der Waals surface area contributed by atoms with E-state index in [4.69, 9.17) is 5.73 Å². The van der Waals surface area contributed by atoms with Gasteiger partial charge in [-0.15, -0.1) is 11.8 Å². The predicted octanol–water partition coefficient (Wildman–Crippen LogP) is 2.13. The molecule has 0 bridgehead atoms. The summed E-state index contributed by atoms with van der Waals surface area (Å²) in [6.45, 7) is 0. The van der Waals surface area contributed by atoms with Gasteiger partial charge in [-0.2, -0.15) is 0 Å². The average molecular weight is 157 g/mol. The topological polar surface area (TPSA) is 26.0 Å². The van der Waals surface area contributed by atoms with Gasteiger partial charge in [-0.25, -0.2) is 4.39 Å². The Balaban J connectivity index is 3.14. The fourth-order valence-electron chi connectivity index (χ4n) is 0.685. The van der Waals surface area contributed by atoms with Gasteiger partial charge in [0.05, 0.1) is 5.69 Å². The highest BCUT2D eigenvalue weighted by atomic mass is 32.2. The van der Waals surface area contributed by atoms with Crippen LogP contribution in [0.2, 0.25) is 0 Å². The zero-order valence-corrected chi connectivity index (χ0v) is 6.41. The van der Waals surface area contributed by atoms with Crippen LogP contribution in [0.4, 0.5) is 10.1 Å². The van der Waals surface area contributed by atoms with E-state index >= 15 is 0 Å². The Bertz CT molecular complexity index is 237. The van der Waals surface area contributed by atoms with E-state index in [0.717, 1.165) is 0 Å². The number of hydrogen-bond acceptors (Lipinski definition) is 2. The lowest BCUT2D eigenvalue weighted by Crippen LogP contribution is -1.90. The summed E-state index contributed by atoms with van der Waals surface area (Å²) in [5, 5.41) is 0. The largest absolute Gasteiger partial charge is 0.396 e. The minimum absolute atomic E-state index is 0.215. The molecule has 0 unspecified atom stereocenters. The molecular formula is C7H8FNS. The van der Waals surface area contributed by atoms with E-state index in [2.05, 4.69) is 0 Å². The van der Waals surface area contributed by atoms with Crippen molar-refractivity contribution in [2.75, 3.05) is 12.0 Å². The minimum Gasteiger partial charge on any atom is -0.396 e. The van der Waals surface area contributed by atoms with Crippen molar-refractivity contribution < 1.29 is 4.39 Å². The number of anilines is 1. The van der Waals surface area contributed by atoms with Crippen LogP contribution < -0.4 is 5.73 Å². The number of thioether (sulfide) groups is 1. The fraction of sp³-hybridized carbons (Fsp3) is 0.143. The molecular weight excluding hydrogens is 149 g/mol. The van der Waals surface area contributed by atoms with Gasteiger partial charge in [0.1, 0.15) is 0 Å². The highest BCUT2D eigenvalue weighted by Crippen LogP contribution is 2.22. The number of benzene rings is 1. The third-order valence-corrected chi connectivity index (χ3v) is 1.97. The van der Waals surface area contributed by atoms with Gasteiger partial charge in [-0.3, -0.25) is 0 Å². The second-order valence-electron chi connectivity index (χ2n) is 1.86. The molecule has 0 spiro atoms. The van der Waals surface area contributed by atoms with E-state index in [-0.39, 0.29) is 11.5 Å². The number of rotatable bonds is 1. The van der Waals surface area contributed by atoms with Crippen molar-refractivity contribution >= 4 is 17.4 Å². The van der Waals surface area contributed by atoms with Crippen molar-refractivity contribution in [3.8, 4) is 0 Å². The van der Waals surface area contributed by atoms with E-state index in [1.807, 2.05) is 6.26 Å². The van der Waals surface area contributed by atoms with E-state index in [1.54, 1.807) is 18.2 Å². The van der Waals surface area contributed by atoms with Gasteiger partial charge in [0.15, 0.2) is 5.82 Å². The molecule has 3 heteroatoms. The summed E-state index contributed by atoms with van der Waals surface area (Å²) in [7, 11) is 0. The molecule has 0 aromatic heterocycles. The summed E-state index contributed by atoms with van der Waals surface area (Å²) in [5.74, 6) is -0.310. The Labute approximate surface area is 63.4 Å². The Hall–Kier alpha value is -0.700. The SMILES string of the molecule is CSc1cccc(N)c1F. The van der Waals surface area contributed by atoms with Crippen LogP contribution in [0, 0.1) is 5.82 Å². The Morgan fingerprint density at radius 3 is 2.70 bits per heavy atom. The maximum atomic E-state index is 12.9. The molecule has 0 radical (unpaired) electrons. The van der Waals surface area contributed by atoms with Crippen molar-refractivity contribution in [2.45, 2.75) is 4.90 Å². The fourth-order valence-corrected chi connectivity index (χ4v) is 1.20. The smallest absolute Gasteiger partial charge is 0.159 e. The first-order chi connectivity index (χ1) is 4.75. The molecule has 0 fully saturated rings. The second-order valence-corrected chi connectivity index (χ2v) is 2.71. The molecule has 0 amide bonds. The van der Waals surface area contributed by atoms with E-state index in [0.29, 0.717) is 4.90 Å². The summed E-state index contributed by atoms with van der Waals surface area (Å²) in [4.78, 5) is 0.597. The minimum atomic E-state index is -0.310. The molecule has 10 heavy (non-hydrogen) atoms. The molecule has 0 atom stereocenters. The molecule has 0 aliphatic heterocycles. The Morgan fingerprint density at radius 1 is 1.50 bits per heavy atom. The number of nitrogens with two attached hydrogens (primary N) is 1. The number of nitrogen functional groups attached to an aromatic ring is 1. The molecule has 0 heterocycles. The standard InChI is InChI=1S/C7H8FNS/c1-10-6-4-2-3-5(9)7(6)8/h2-4H,9H2,1H3. The van der Waals surface area contributed by atoms with Crippen LogP contribution in [-0.4, -0.2) is 6.26 Å². The van der Waals surface area contributed by atoms with Gasteiger partial charge in [0.25, 0.3) is 0 Å². The van der Waals surface area contributed by atoms with Crippen molar-refractivity contribution in [1.82, 2.24) is 0 Å². The summed E-state index contributed by atoms with van der Waals surface area (Å²) >= 11 is 1.35. The summed E-state index contributed by atoms with van der Waals surface area (Å²) < 4.78 is 12.9. The monoisotopic (exact) mass is 157 g/mol. The first kappa shape index (κ1) is 7.41. The van der Waals surface area contributed by atoms with Crippen molar-refractivity contribution in [1.29, 1.82) is 0 Å². The molecule has 0 aliphatic rings. The van der Waals surface area contributed by atoms with Crippen molar-refractivity contribution in [3.63, 3.8) is 0 Å². The van der Waals surface area contributed by atoms with Crippen molar-refractivity contribution in [2.24, 2.45) is 0 Å². The third kappa shape index (κ3) is 1.24. The lowest BCUT2D eigenvalue weighted by molar-refractivity contribution is 0.607. The average Bonchev–Trinajstić information content (AvgIpc) is 1.95. The van der Waals surface area contributed by atoms with Gasteiger partial charge < -0.3 is 5.73 Å². The quantitative estimate of drug-likeness (QED) is 0.499. The zero-order chi connectivity index (χ0) is 7.56. The molecule has 1 rings (SSSR count). The normalized spacial score (nSPS) is 9.80. The van der Waals surface area contributed by atoms with Gasteiger partial charge in [0, 0.05) is 4.90 Å². The summed E-state index contributed by atoms with van der Waals surface area (Å²) in [6.07, 6.45) is 1.82. The van der Waals surface area contributed by atoms with Crippen LogP contribution in [0.25, 0.3) is 0 Å². The molecule has 1 aromatic rings. The molecule has 0 saturated heterocycles. The summed E-state index contributed by atoms with van der Waals surface area (Å²) in [5.41, 5.74) is 5.52. The Morgan fingerprint density at radius 2 is 2.20 bits per heavy atom. The Kier molecular flexibility index (Phi) is 2.17. The number of halogens is 1. The molecule has 1 nitrogen and oxygen atoms in total. The van der Waals surface area contributed by atoms with E-state index in [1.165, 1.54) is 11.8 Å². The maximum Gasteiger partial charge on any atom is 0.159 e. The highest BCUT2D eigenvalue weighted by Gasteiger charge is 2.01. The van der Waals surface area contributed by atoms with Crippen LogP contribution in [-0.2, 0) is 0 Å². The number of hydrogen-bond donors (Lipinski definition) is 1. The second kappa shape index (κ2) is 2.92. The van der Waals surface area contributed by atoms with Crippen LogP contribution in [0.3, 0.4) is 0 Å².